The second kappa shape index (κ2) is 4.83. The summed E-state index contributed by atoms with van der Waals surface area (Å²) in [5.74, 6) is 0.653. The van der Waals surface area contributed by atoms with Crippen molar-refractivity contribution in [2.24, 2.45) is 17.1 Å². The fourth-order valence-corrected chi connectivity index (χ4v) is 2.00. The number of nitrogens with one attached hydrogen (secondary N) is 1. The van der Waals surface area contributed by atoms with Crippen molar-refractivity contribution in [3.63, 3.8) is 0 Å². The highest BCUT2D eigenvalue weighted by Crippen LogP contribution is 2.26. The minimum Gasteiger partial charge on any atom is -0.330 e. The summed E-state index contributed by atoms with van der Waals surface area (Å²) in [6.07, 6.45) is 1.10. The number of hydrogen-bond donors (Lipinski definition) is 2. The molecule has 0 heterocycles. The lowest BCUT2D eigenvalue weighted by atomic mass is 9.78. The summed E-state index contributed by atoms with van der Waals surface area (Å²) in [6, 6.07) is 0.557. The van der Waals surface area contributed by atoms with Crippen LogP contribution in [-0.2, 0) is 0 Å². The van der Waals surface area contributed by atoms with Crippen LogP contribution in [-0.4, -0.2) is 19.6 Å². The van der Waals surface area contributed by atoms with E-state index in [0.717, 1.165) is 13.0 Å². The van der Waals surface area contributed by atoms with Crippen LogP contribution in [0.4, 0.5) is 0 Å². The van der Waals surface area contributed by atoms with Gasteiger partial charge in [-0.25, -0.2) is 0 Å². The minimum absolute atomic E-state index is 0.323. The lowest BCUT2D eigenvalue weighted by molar-refractivity contribution is 0.207. The van der Waals surface area contributed by atoms with E-state index < -0.39 is 0 Å². The molecule has 0 rings (SSSR count). The first-order valence-corrected chi connectivity index (χ1v) is 4.80. The summed E-state index contributed by atoms with van der Waals surface area (Å²) < 4.78 is 0. The summed E-state index contributed by atoms with van der Waals surface area (Å²) in [7, 11) is 2.03. The van der Waals surface area contributed by atoms with Crippen molar-refractivity contribution in [3.05, 3.63) is 0 Å². The van der Waals surface area contributed by atoms with Crippen molar-refractivity contribution in [1.82, 2.24) is 5.32 Å². The summed E-state index contributed by atoms with van der Waals surface area (Å²) in [5.41, 5.74) is 5.86. The first-order valence-electron chi connectivity index (χ1n) is 4.80. The van der Waals surface area contributed by atoms with Gasteiger partial charge in [-0.3, -0.25) is 0 Å². The van der Waals surface area contributed by atoms with E-state index in [2.05, 4.69) is 33.0 Å². The SMILES string of the molecule is CNC(C(C)CCN)C(C)(C)C. The Morgan fingerprint density at radius 1 is 1.33 bits per heavy atom. The molecule has 0 aromatic rings. The van der Waals surface area contributed by atoms with Crippen LogP contribution in [0.3, 0.4) is 0 Å². The second-order valence-electron chi connectivity index (χ2n) is 4.69. The Balaban J connectivity index is 4.14. The van der Waals surface area contributed by atoms with Crippen molar-refractivity contribution in [1.29, 1.82) is 0 Å². The van der Waals surface area contributed by atoms with Gasteiger partial charge in [0.05, 0.1) is 0 Å². The fourth-order valence-electron chi connectivity index (χ4n) is 2.00. The molecule has 0 fully saturated rings. The fraction of sp³-hybridized carbons (Fsp3) is 1.00. The molecule has 74 valence electrons. The van der Waals surface area contributed by atoms with Gasteiger partial charge in [0, 0.05) is 6.04 Å². The molecule has 0 aliphatic heterocycles. The van der Waals surface area contributed by atoms with Gasteiger partial charge in [-0.05, 0) is 31.3 Å². The minimum atomic E-state index is 0.323. The van der Waals surface area contributed by atoms with E-state index in [0.29, 0.717) is 17.4 Å². The zero-order chi connectivity index (χ0) is 9.78. The van der Waals surface area contributed by atoms with E-state index in [1.54, 1.807) is 0 Å². The third-order valence-electron chi connectivity index (χ3n) is 2.44. The van der Waals surface area contributed by atoms with E-state index in [1.807, 2.05) is 7.05 Å². The normalized spacial score (nSPS) is 17.5. The van der Waals surface area contributed by atoms with Crippen LogP contribution in [0.25, 0.3) is 0 Å². The zero-order valence-corrected chi connectivity index (χ0v) is 9.15. The lowest BCUT2D eigenvalue weighted by Gasteiger charge is -2.35. The van der Waals surface area contributed by atoms with Crippen molar-refractivity contribution >= 4 is 0 Å². The van der Waals surface area contributed by atoms with E-state index in [4.69, 9.17) is 5.73 Å². The van der Waals surface area contributed by atoms with E-state index in [1.165, 1.54) is 0 Å². The van der Waals surface area contributed by atoms with Gasteiger partial charge in [-0.15, -0.1) is 0 Å². The molecule has 0 amide bonds. The van der Waals surface area contributed by atoms with Gasteiger partial charge < -0.3 is 11.1 Å². The second-order valence-corrected chi connectivity index (χ2v) is 4.69. The molecule has 0 saturated carbocycles. The van der Waals surface area contributed by atoms with Crippen molar-refractivity contribution < 1.29 is 0 Å². The lowest BCUT2D eigenvalue weighted by Crippen LogP contribution is -2.43. The molecule has 0 aliphatic rings. The van der Waals surface area contributed by atoms with Crippen LogP contribution in [0.2, 0.25) is 0 Å². The average molecular weight is 172 g/mol. The molecule has 0 spiro atoms. The van der Waals surface area contributed by atoms with Crippen LogP contribution < -0.4 is 11.1 Å². The van der Waals surface area contributed by atoms with Gasteiger partial charge >= 0.3 is 0 Å². The Bertz CT molecular complexity index is 115. The highest BCUT2D eigenvalue weighted by molar-refractivity contribution is 4.83. The molecule has 3 N–H and O–H groups in total. The van der Waals surface area contributed by atoms with Crippen LogP contribution in [0, 0.1) is 11.3 Å². The molecular formula is C10H24N2. The van der Waals surface area contributed by atoms with Gasteiger partial charge in [0.15, 0.2) is 0 Å². The Labute approximate surface area is 76.9 Å². The number of rotatable bonds is 4. The van der Waals surface area contributed by atoms with Crippen LogP contribution in [0.1, 0.15) is 34.1 Å². The third kappa shape index (κ3) is 3.55. The summed E-state index contributed by atoms with van der Waals surface area (Å²) in [5, 5.41) is 3.37. The molecule has 2 nitrogen and oxygen atoms in total. The van der Waals surface area contributed by atoms with Crippen molar-refractivity contribution in [2.45, 2.75) is 40.2 Å². The molecule has 12 heavy (non-hydrogen) atoms. The zero-order valence-electron chi connectivity index (χ0n) is 9.15. The molecule has 0 aliphatic carbocycles. The Kier molecular flexibility index (Phi) is 4.80. The smallest absolute Gasteiger partial charge is 0.0139 e. The summed E-state index contributed by atoms with van der Waals surface area (Å²) >= 11 is 0. The van der Waals surface area contributed by atoms with Gasteiger partial charge in [0.25, 0.3) is 0 Å². The molecular weight excluding hydrogens is 148 g/mol. The maximum absolute atomic E-state index is 5.54. The topological polar surface area (TPSA) is 38.0 Å². The maximum atomic E-state index is 5.54. The number of hydrogen-bond acceptors (Lipinski definition) is 2. The van der Waals surface area contributed by atoms with Crippen LogP contribution in [0.5, 0.6) is 0 Å². The molecule has 0 aromatic carbocycles. The molecule has 2 unspecified atom stereocenters. The first-order chi connectivity index (χ1) is 5.43. The Hall–Kier alpha value is -0.0800. The van der Waals surface area contributed by atoms with Crippen LogP contribution >= 0.6 is 0 Å². The van der Waals surface area contributed by atoms with Gasteiger partial charge in [-0.2, -0.15) is 0 Å². The highest BCUT2D eigenvalue weighted by Gasteiger charge is 2.27. The van der Waals surface area contributed by atoms with E-state index in [9.17, 15) is 0 Å². The van der Waals surface area contributed by atoms with E-state index in [-0.39, 0.29) is 0 Å². The Morgan fingerprint density at radius 2 is 1.83 bits per heavy atom. The summed E-state index contributed by atoms with van der Waals surface area (Å²) in [6.45, 7) is 9.85. The predicted octanol–water partition coefficient (Wildman–Crippen LogP) is 1.61. The maximum Gasteiger partial charge on any atom is 0.0139 e. The van der Waals surface area contributed by atoms with Crippen LogP contribution in [0.15, 0.2) is 0 Å². The third-order valence-corrected chi connectivity index (χ3v) is 2.44. The van der Waals surface area contributed by atoms with Crippen molar-refractivity contribution in [2.75, 3.05) is 13.6 Å². The van der Waals surface area contributed by atoms with Crippen molar-refractivity contribution in [3.8, 4) is 0 Å². The molecule has 0 saturated heterocycles. The van der Waals surface area contributed by atoms with Gasteiger partial charge in [0.2, 0.25) is 0 Å². The molecule has 0 radical (unpaired) electrons. The van der Waals surface area contributed by atoms with Gasteiger partial charge in [0.1, 0.15) is 0 Å². The quantitative estimate of drug-likeness (QED) is 0.676. The molecule has 0 bridgehead atoms. The predicted molar refractivity (Wildman–Crippen MR) is 55.1 cm³/mol. The molecule has 2 atom stereocenters. The summed E-state index contributed by atoms with van der Waals surface area (Å²) in [4.78, 5) is 0. The monoisotopic (exact) mass is 172 g/mol. The van der Waals surface area contributed by atoms with E-state index >= 15 is 0 Å². The molecule has 0 aromatic heterocycles. The van der Waals surface area contributed by atoms with Gasteiger partial charge in [-0.1, -0.05) is 27.7 Å². The largest absolute Gasteiger partial charge is 0.330 e. The highest BCUT2D eigenvalue weighted by atomic mass is 14.9. The standard InChI is InChI=1S/C10H24N2/c1-8(6-7-11)9(12-5)10(2,3)4/h8-9,12H,6-7,11H2,1-5H3. The number of nitrogens with two attached hydrogens (primary N) is 1. The first kappa shape index (κ1) is 11.9. The molecule has 2 heteroatoms. The average Bonchev–Trinajstić information content (AvgIpc) is 1.85. The Morgan fingerprint density at radius 3 is 2.08 bits per heavy atom.